The lowest BCUT2D eigenvalue weighted by molar-refractivity contribution is -0.172. The Morgan fingerprint density at radius 2 is 1.63 bits per heavy atom. The van der Waals surface area contributed by atoms with E-state index >= 15 is 4.39 Å². The molecule has 18 nitrogen and oxygen atoms in total. The van der Waals surface area contributed by atoms with Crippen molar-refractivity contribution in [2.75, 3.05) is 25.0 Å². The maximum atomic E-state index is 15.4. The minimum atomic E-state index is -2.01. The van der Waals surface area contributed by atoms with Gasteiger partial charge in [-0.1, -0.05) is 37.3 Å². The summed E-state index contributed by atoms with van der Waals surface area (Å²) in [6.07, 6.45) is -0.215. The van der Waals surface area contributed by atoms with Crippen LogP contribution in [0.2, 0.25) is 0 Å². The smallest absolute Gasteiger partial charge is 0.343 e. The number of hydrogen-bond donors (Lipinski definition) is 7. The molecule has 308 valence electrons. The molecule has 0 radical (unpaired) electrons. The van der Waals surface area contributed by atoms with Crippen LogP contribution >= 0.6 is 0 Å². The largest absolute Gasteiger partial charge is 0.481 e. The van der Waals surface area contributed by atoms with Crippen molar-refractivity contribution in [3.05, 3.63) is 93.0 Å². The van der Waals surface area contributed by atoms with E-state index in [1.54, 1.807) is 49.4 Å². The predicted octanol–water partition coefficient (Wildman–Crippen LogP) is 0.488. The second kappa shape index (κ2) is 17.6. The van der Waals surface area contributed by atoms with Crippen LogP contribution in [0.5, 0.6) is 0 Å². The molecule has 0 bridgehead atoms. The van der Waals surface area contributed by atoms with E-state index in [2.05, 4.69) is 31.6 Å². The van der Waals surface area contributed by atoms with Crippen LogP contribution in [0.4, 0.5) is 10.1 Å². The number of ether oxygens (including phenoxy) is 1. The first-order chi connectivity index (χ1) is 28.2. The molecule has 2 aliphatic heterocycles. The van der Waals surface area contributed by atoms with E-state index in [0.717, 1.165) is 6.07 Å². The molecule has 0 spiro atoms. The van der Waals surface area contributed by atoms with E-state index in [1.165, 1.54) is 10.6 Å². The van der Waals surface area contributed by atoms with Gasteiger partial charge in [0.05, 0.1) is 54.3 Å². The van der Waals surface area contributed by atoms with Crippen LogP contribution in [-0.4, -0.2) is 86.9 Å². The Morgan fingerprint density at radius 1 is 0.915 bits per heavy atom. The van der Waals surface area contributed by atoms with Gasteiger partial charge in [-0.3, -0.25) is 33.6 Å². The Bertz CT molecular complexity index is 2440. The lowest BCUT2D eigenvalue weighted by Gasteiger charge is -2.31. The van der Waals surface area contributed by atoms with E-state index in [9.17, 15) is 43.5 Å². The summed E-state index contributed by atoms with van der Waals surface area (Å²) < 4.78 is 22.0. The molecule has 0 fully saturated rings. The molecule has 2 aromatic heterocycles. The minimum Gasteiger partial charge on any atom is -0.481 e. The highest BCUT2D eigenvalue weighted by atomic mass is 19.1. The lowest BCUT2D eigenvalue weighted by Crippen LogP contribution is -2.52. The van der Waals surface area contributed by atoms with Gasteiger partial charge in [-0.15, -0.1) is 0 Å². The number of aliphatic carboxylic acids is 1. The van der Waals surface area contributed by atoms with Crippen molar-refractivity contribution in [2.24, 2.45) is 0 Å². The lowest BCUT2D eigenvalue weighted by atomic mass is 9.86. The van der Waals surface area contributed by atoms with E-state index in [4.69, 9.17) is 9.84 Å². The van der Waals surface area contributed by atoms with Crippen molar-refractivity contribution >= 4 is 58.1 Å². The average Bonchev–Trinajstić information content (AvgIpc) is 3.56. The molecule has 7 N–H and O–H groups in total. The fraction of sp³-hybridized carbons (Fsp3) is 0.325. The highest BCUT2D eigenvalue weighted by Crippen LogP contribution is 2.39. The van der Waals surface area contributed by atoms with Crippen molar-refractivity contribution in [3.63, 3.8) is 0 Å². The third kappa shape index (κ3) is 9.41. The molecule has 5 amide bonds. The number of rotatable bonds is 16. The Labute approximate surface area is 334 Å². The third-order valence-electron chi connectivity index (χ3n) is 9.91. The Morgan fingerprint density at radius 3 is 2.36 bits per heavy atom. The summed E-state index contributed by atoms with van der Waals surface area (Å²) in [5.74, 6) is -6.28. The number of halogens is 1. The number of benzene rings is 2. The molecule has 19 heteroatoms. The van der Waals surface area contributed by atoms with E-state index in [1.807, 2.05) is 0 Å². The number of nitrogens with zero attached hydrogens (tertiary/aromatic N) is 2. The predicted molar refractivity (Wildman–Crippen MR) is 206 cm³/mol. The topological polar surface area (TPSA) is 264 Å². The molecule has 4 aromatic rings. The van der Waals surface area contributed by atoms with Gasteiger partial charge in [-0.2, -0.15) is 0 Å². The normalized spacial score (nSPS) is 15.5. The molecule has 59 heavy (non-hydrogen) atoms. The number of hydrogen-bond acceptors (Lipinski definition) is 11. The molecule has 0 unspecified atom stereocenters. The standard InChI is InChI=1S/C40H40FN7O11/c1-2-40(58)25-14-30-36-23(19-48(30)38(56)24(25)20-59-39(40)57)12-22-13-28(26(41)15-27(22)47-36)45-34(52)18-44-37(55)29(11-21-7-4-3-5-8-21)46-33(51)17-43-32(50)16-42-31(49)9-6-10-35(53)54/h3-5,7-8,12-15,29,58H,2,6,9-11,16-20H2,1H3,(H,42,49)(H,43,50)(H,44,55)(H,45,52)(H,46,51)(H,53,54)/t29-,40-/m0/s1. The Hall–Kier alpha value is -7.02. The number of amides is 5. The maximum absolute atomic E-state index is 15.4. The molecule has 2 aromatic carbocycles. The summed E-state index contributed by atoms with van der Waals surface area (Å²) in [5, 5.41) is 32.2. The number of nitrogens with one attached hydrogen (secondary N) is 5. The molecule has 2 aliphatic rings. The zero-order chi connectivity index (χ0) is 42.4. The molecule has 4 heterocycles. The average molecular weight is 814 g/mol. The van der Waals surface area contributed by atoms with Crippen molar-refractivity contribution < 1.29 is 52.9 Å². The summed E-state index contributed by atoms with van der Waals surface area (Å²) >= 11 is 0. The van der Waals surface area contributed by atoms with Crippen LogP contribution in [0.25, 0.3) is 22.3 Å². The molecule has 6 rings (SSSR count). The monoisotopic (exact) mass is 813 g/mol. The van der Waals surface area contributed by atoms with Gasteiger partial charge in [-0.05, 0) is 36.6 Å². The zero-order valence-electron chi connectivity index (χ0n) is 31.7. The second-order valence-corrected chi connectivity index (χ2v) is 14.0. The first kappa shape index (κ1) is 41.6. The summed E-state index contributed by atoms with van der Waals surface area (Å²) in [6.45, 7) is -0.206. The number of carboxylic acid groups (broad SMARTS) is 1. The molecule has 2 atom stereocenters. The van der Waals surface area contributed by atoms with Gasteiger partial charge < -0.3 is 46.1 Å². The number of carboxylic acids is 1. The number of carbonyl (C=O) groups is 7. The zero-order valence-corrected chi connectivity index (χ0v) is 31.7. The van der Waals surface area contributed by atoms with Crippen LogP contribution in [0.15, 0.2) is 59.4 Å². The number of aliphatic hydroxyl groups is 1. The summed E-state index contributed by atoms with van der Waals surface area (Å²) in [5.41, 5.74) is -0.197. The van der Waals surface area contributed by atoms with Crippen molar-refractivity contribution in [3.8, 4) is 11.4 Å². The van der Waals surface area contributed by atoms with Crippen LogP contribution in [0.1, 0.15) is 54.9 Å². The second-order valence-electron chi connectivity index (χ2n) is 14.0. The van der Waals surface area contributed by atoms with E-state index in [0.29, 0.717) is 27.9 Å². The Balaban J connectivity index is 1.08. The number of pyridine rings is 2. The molecular formula is C40H40FN7O11. The minimum absolute atomic E-state index is 0.0149. The summed E-state index contributed by atoms with van der Waals surface area (Å²) in [7, 11) is 0. The van der Waals surface area contributed by atoms with E-state index in [-0.39, 0.29) is 67.6 Å². The molecule has 0 aliphatic carbocycles. The highest BCUT2D eigenvalue weighted by Gasteiger charge is 2.45. The van der Waals surface area contributed by atoms with Gasteiger partial charge in [0.2, 0.25) is 29.5 Å². The maximum Gasteiger partial charge on any atom is 0.343 e. The van der Waals surface area contributed by atoms with Gasteiger partial charge in [-0.25, -0.2) is 14.2 Å². The van der Waals surface area contributed by atoms with Crippen LogP contribution < -0.4 is 32.1 Å². The van der Waals surface area contributed by atoms with Gasteiger partial charge in [0.1, 0.15) is 18.5 Å². The van der Waals surface area contributed by atoms with Crippen molar-refractivity contribution in [1.82, 2.24) is 30.8 Å². The SMILES string of the molecule is CC[C@@]1(O)C(=O)OCc2c1cc1n(c2=O)Cc2cc3cc(NC(=O)CNC(=O)[C@H](Cc4ccccc4)NC(=O)CNC(=O)CNC(=O)CCCC(=O)O)c(F)cc3nc2-1. The number of fused-ring (bicyclic) bond motifs is 5. The van der Waals surface area contributed by atoms with E-state index < -0.39 is 84.1 Å². The number of aromatic nitrogens is 2. The number of anilines is 1. The molecule has 0 saturated heterocycles. The number of cyclic esters (lactones) is 1. The highest BCUT2D eigenvalue weighted by molar-refractivity contribution is 5.98. The van der Waals surface area contributed by atoms with Gasteiger partial charge >= 0.3 is 11.9 Å². The van der Waals surface area contributed by atoms with Crippen LogP contribution in [0.3, 0.4) is 0 Å². The van der Waals surface area contributed by atoms with Gasteiger partial charge in [0.15, 0.2) is 5.60 Å². The summed E-state index contributed by atoms with van der Waals surface area (Å²) in [6, 6.07) is 13.2. The molecular weight excluding hydrogens is 773 g/mol. The fourth-order valence-corrected chi connectivity index (χ4v) is 6.80. The van der Waals surface area contributed by atoms with Gasteiger partial charge in [0.25, 0.3) is 5.56 Å². The van der Waals surface area contributed by atoms with Crippen LogP contribution in [0, 0.1) is 5.82 Å². The first-order valence-corrected chi connectivity index (χ1v) is 18.6. The van der Waals surface area contributed by atoms with Gasteiger partial charge in [0, 0.05) is 41.8 Å². The molecule has 0 saturated carbocycles. The Kier molecular flexibility index (Phi) is 12.4. The first-order valence-electron chi connectivity index (χ1n) is 18.6. The number of esters is 1. The fourth-order valence-electron chi connectivity index (χ4n) is 6.80. The summed E-state index contributed by atoms with van der Waals surface area (Å²) in [4.78, 5) is 104. The van der Waals surface area contributed by atoms with Crippen LogP contribution in [-0.2, 0) is 63.5 Å². The van der Waals surface area contributed by atoms with Crippen molar-refractivity contribution in [1.29, 1.82) is 0 Å². The quantitative estimate of drug-likeness (QED) is 0.0672. The van der Waals surface area contributed by atoms with Crippen molar-refractivity contribution in [2.45, 2.75) is 63.8 Å². The third-order valence-corrected chi connectivity index (χ3v) is 9.91. The number of carbonyl (C=O) groups excluding carboxylic acids is 6.